The zero-order chi connectivity index (χ0) is 21.5. The fourth-order valence-corrected chi connectivity index (χ4v) is 3.52. The fourth-order valence-electron chi connectivity index (χ4n) is 3.35. The van der Waals surface area contributed by atoms with Gasteiger partial charge >= 0.3 is 6.61 Å². The van der Waals surface area contributed by atoms with Crippen LogP contribution in [0.5, 0.6) is 5.75 Å². The number of nitrogens with zero attached hydrogens (tertiary/aromatic N) is 2. The molecule has 1 aliphatic heterocycles. The second-order valence-electron chi connectivity index (χ2n) is 6.82. The molecule has 0 bridgehead atoms. The molecule has 1 aliphatic rings. The highest BCUT2D eigenvalue weighted by atomic mass is 35.5. The van der Waals surface area contributed by atoms with Crippen LogP contribution in [0.1, 0.15) is 12.5 Å². The van der Waals surface area contributed by atoms with Gasteiger partial charge in [0, 0.05) is 42.8 Å². The Labute approximate surface area is 179 Å². The van der Waals surface area contributed by atoms with Crippen LogP contribution in [0.15, 0.2) is 48.5 Å². The molecule has 1 amide bonds. The number of halogens is 3. The molecule has 0 aliphatic carbocycles. The molecule has 0 radical (unpaired) electrons. The maximum absolute atomic E-state index is 12.5. The highest BCUT2D eigenvalue weighted by Crippen LogP contribution is 2.30. The Kier molecular flexibility index (Phi) is 7.65. The molecule has 0 atom stereocenters. The standard InChI is InChI=1S/C22H24ClF2N3O2/c1-2-27-11-13-28(14-12-27)19-9-8-17(23)15-18(19)26-21(29)10-7-16-5-3-4-6-20(16)30-22(24)25/h3-10,15,22H,2,11-14H2,1H3,(H,26,29)/b10-7+. The van der Waals surface area contributed by atoms with Crippen LogP contribution in [-0.4, -0.2) is 50.1 Å². The van der Waals surface area contributed by atoms with Crippen molar-refractivity contribution in [2.75, 3.05) is 42.9 Å². The first kappa shape index (κ1) is 22.1. The Morgan fingerprint density at radius 3 is 2.63 bits per heavy atom. The van der Waals surface area contributed by atoms with E-state index in [1.807, 2.05) is 6.07 Å². The summed E-state index contributed by atoms with van der Waals surface area (Å²) in [6.45, 7) is 3.83. The Morgan fingerprint density at radius 2 is 1.93 bits per heavy atom. The summed E-state index contributed by atoms with van der Waals surface area (Å²) in [4.78, 5) is 17.1. The summed E-state index contributed by atoms with van der Waals surface area (Å²) in [6, 6.07) is 11.7. The summed E-state index contributed by atoms with van der Waals surface area (Å²) >= 11 is 6.14. The van der Waals surface area contributed by atoms with Gasteiger partial charge in [-0.15, -0.1) is 0 Å². The highest BCUT2D eigenvalue weighted by molar-refractivity contribution is 6.31. The molecule has 30 heavy (non-hydrogen) atoms. The van der Waals surface area contributed by atoms with Gasteiger partial charge in [0.15, 0.2) is 0 Å². The minimum atomic E-state index is -2.93. The number of rotatable bonds is 7. The maximum Gasteiger partial charge on any atom is 0.387 e. The molecule has 1 N–H and O–H groups in total. The van der Waals surface area contributed by atoms with Crippen molar-refractivity contribution >= 4 is 35.0 Å². The molecule has 160 valence electrons. The van der Waals surface area contributed by atoms with E-state index >= 15 is 0 Å². The number of benzene rings is 2. The van der Waals surface area contributed by atoms with Crippen LogP contribution in [0.3, 0.4) is 0 Å². The van der Waals surface area contributed by atoms with Crippen molar-refractivity contribution < 1.29 is 18.3 Å². The lowest BCUT2D eigenvalue weighted by atomic mass is 10.2. The molecular weight excluding hydrogens is 412 g/mol. The van der Waals surface area contributed by atoms with Crippen LogP contribution in [-0.2, 0) is 4.79 Å². The van der Waals surface area contributed by atoms with E-state index in [-0.39, 0.29) is 5.75 Å². The summed E-state index contributed by atoms with van der Waals surface area (Å²) in [5.74, 6) is -0.383. The largest absolute Gasteiger partial charge is 0.434 e. The molecule has 3 rings (SSSR count). The van der Waals surface area contributed by atoms with E-state index in [1.54, 1.807) is 30.3 Å². The summed E-state index contributed by atoms with van der Waals surface area (Å²) in [5.41, 5.74) is 1.90. The molecular formula is C22H24ClF2N3O2. The average molecular weight is 436 g/mol. The minimum Gasteiger partial charge on any atom is -0.434 e. The van der Waals surface area contributed by atoms with Gasteiger partial charge in [-0.3, -0.25) is 4.79 Å². The number of amides is 1. The van der Waals surface area contributed by atoms with E-state index in [0.717, 1.165) is 38.4 Å². The van der Waals surface area contributed by atoms with Crippen molar-refractivity contribution in [3.05, 3.63) is 59.1 Å². The second-order valence-corrected chi connectivity index (χ2v) is 7.26. The minimum absolute atomic E-state index is 0.00814. The van der Waals surface area contributed by atoms with Gasteiger partial charge in [0.2, 0.25) is 5.91 Å². The number of ether oxygens (including phenoxy) is 1. The molecule has 0 saturated carbocycles. The molecule has 1 fully saturated rings. The monoisotopic (exact) mass is 435 g/mol. The normalized spacial score (nSPS) is 15.0. The first-order valence-corrected chi connectivity index (χ1v) is 10.1. The van der Waals surface area contributed by atoms with Crippen molar-refractivity contribution in [1.82, 2.24) is 4.90 Å². The number of carbonyl (C=O) groups excluding carboxylic acids is 1. The smallest absolute Gasteiger partial charge is 0.387 e. The van der Waals surface area contributed by atoms with Crippen LogP contribution in [0.4, 0.5) is 20.2 Å². The van der Waals surface area contributed by atoms with Gasteiger partial charge in [0.05, 0.1) is 11.4 Å². The number of nitrogens with one attached hydrogen (secondary N) is 1. The van der Waals surface area contributed by atoms with Crippen molar-refractivity contribution in [2.45, 2.75) is 13.5 Å². The summed E-state index contributed by atoms with van der Waals surface area (Å²) in [7, 11) is 0. The zero-order valence-electron chi connectivity index (χ0n) is 16.7. The lowest BCUT2D eigenvalue weighted by molar-refractivity contribution is -0.111. The molecule has 5 nitrogen and oxygen atoms in total. The summed E-state index contributed by atoms with van der Waals surface area (Å²) < 4.78 is 29.6. The zero-order valence-corrected chi connectivity index (χ0v) is 17.4. The van der Waals surface area contributed by atoms with Gasteiger partial charge in [-0.1, -0.05) is 36.7 Å². The van der Waals surface area contributed by atoms with E-state index in [0.29, 0.717) is 16.3 Å². The predicted molar refractivity (Wildman–Crippen MR) is 117 cm³/mol. The van der Waals surface area contributed by atoms with Crippen molar-refractivity contribution in [1.29, 1.82) is 0 Å². The third kappa shape index (κ3) is 5.93. The number of carbonyl (C=O) groups is 1. The Hall–Kier alpha value is -2.64. The quantitative estimate of drug-likeness (QED) is 0.638. The van der Waals surface area contributed by atoms with Gasteiger partial charge < -0.3 is 19.9 Å². The Morgan fingerprint density at radius 1 is 1.20 bits per heavy atom. The number of anilines is 2. The van der Waals surface area contributed by atoms with Gasteiger partial charge in [-0.2, -0.15) is 8.78 Å². The molecule has 8 heteroatoms. The van der Waals surface area contributed by atoms with Crippen LogP contribution in [0.2, 0.25) is 5.02 Å². The lowest BCUT2D eigenvalue weighted by Crippen LogP contribution is -2.46. The van der Waals surface area contributed by atoms with Crippen LogP contribution in [0, 0.1) is 0 Å². The maximum atomic E-state index is 12.5. The van der Waals surface area contributed by atoms with Gasteiger partial charge in [0.1, 0.15) is 5.75 Å². The van der Waals surface area contributed by atoms with E-state index in [9.17, 15) is 13.6 Å². The predicted octanol–water partition coefficient (Wildman–Crippen LogP) is 4.74. The number of likely N-dealkylation sites (N-methyl/N-ethyl adjacent to an activating group) is 1. The molecule has 0 unspecified atom stereocenters. The molecule has 1 heterocycles. The van der Waals surface area contributed by atoms with E-state index in [1.165, 1.54) is 18.2 Å². The van der Waals surface area contributed by atoms with Crippen molar-refractivity contribution in [3.63, 3.8) is 0 Å². The van der Waals surface area contributed by atoms with E-state index in [4.69, 9.17) is 11.6 Å². The molecule has 2 aromatic carbocycles. The van der Waals surface area contributed by atoms with Crippen molar-refractivity contribution in [2.24, 2.45) is 0 Å². The molecule has 0 spiro atoms. The Balaban J connectivity index is 1.73. The third-order valence-corrected chi connectivity index (χ3v) is 5.16. The third-order valence-electron chi connectivity index (χ3n) is 4.93. The number of piperazine rings is 1. The first-order chi connectivity index (χ1) is 14.5. The molecule has 2 aromatic rings. The number of para-hydroxylation sites is 1. The van der Waals surface area contributed by atoms with E-state index in [2.05, 4.69) is 26.8 Å². The number of hydrogen-bond acceptors (Lipinski definition) is 4. The van der Waals surface area contributed by atoms with E-state index < -0.39 is 12.5 Å². The van der Waals surface area contributed by atoms with Gasteiger partial charge in [0.25, 0.3) is 0 Å². The van der Waals surface area contributed by atoms with Crippen molar-refractivity contribution in [3.8, 4) is 5.75 Å². The second kappa shape index (κ2) is 10.4. The number of hydrogen-bond donors (Lipinski definition) is 1. The molecule has 1 saturated heterocycles. The average Bonchev–Trinajstić information content (AvgIpc) is 2.73. The first-order valence-electron chi connectivity index (χ1n) is 9.76. The van der Waals surface area contributed by atoms with Gasteiger partial charge in [-0.25, -0.2) is 0 Å². The summed E-state index contributed by atoms with van der Waals surface area (Å²) in [6.07, 6.45) is 2.73. The SMILES string of the molecule is CCN1CCN(c2ccc(Cl)cc2NC(=O)/C=C/c2ccccc2OC(F)F)CC1. The fraction of sp³-hybridized carbons (Fsp3) is 0.318. The molecule has 0 aromatic heterocycles. The Bertz CT molecular complexity index is 900. The van der Waals surface area contributed by atoms with Crippen LogP contribution < -0.4 is 15.0 Å². The van der Waals surface area contributed by atoms with Gasteiger partial charge in [-0.05, 0) is 36.9 Å². The van der Waals surface area contributed by atoms with Crippen LogP contribution >= 0.6 is 11.6 Å². The van der Waals surface area contributed by atoms with Crippen LogP contribution in [0.25, 0.3) is 6.08 Å². The number of alkyl halides is 2. The highest BCUT2D eigenvalue weighted by Gasteiger charge is 2.19. The topological polar surface area (TPSA) is 44.8 Å². The summed E-state index contributed by atoms with van der Waals surface area (Å²) in [5, 5.41) is 3.36. The lowest BCUT2D eigenvalue weighted by Gasteiger charge is -2.36.